The molecule has 5 nitrogen and oxygen atoms in total. The van der Waals surface area contributed by atoms with Crippen molar-refractivity contribution in [2.75, 3.05) is 20.2 Å². The number of benzene rings is 3. The van der Waals surface area contributed by atoms with Crippen LogP contribution in [0.5, 0.6) is 5.75 Å². The molecule has 0 fully saturated rings. The zero-order valence-electron chi connectivity index (χ0n) is 18.6. The van der Waals surface area contributed by atoms with Crippen LogP contribution in [0.25, 0.3) is 0 Å². The number of carbonyl (C=O) groups is 1. The van der Waals surface area contributed by atoms with Gasteiger partial charge in [0.1, 0.15) is 11.6 Å². The highest BCUT2D eigenvalue weighted by molar-refractivity contribution is 6.05. The predicted molar refractivity (Wildman–Crippen MR) is 126 cm³/mol. The number of fused-ring (bicyclic) bond motifs is 1. The summed E-state index contributed by atoms with van der Waals surface area (Å²) in [6, 6.07) is 22.1. The molecule has 0 radical (unpaired) electrons. The Hall–Kier alpha value is -3.51. The molecule has 1 atom stereocenters. The first-order valence-electron chi connectivity index (χ1n) is 11.2. The number of carbonyl (C=O) groups excluding carboxylic acids is 1. The number of hydrazone groups is 1. The standard InChI is InChI=1S/C27H26FN3O2/c1-33-26-12-5-4-11-23(26)24-16-25(20-9-6-10-22(28)15-20)31(29-24)27(32)18-30-14-13-19-7-2-3-8-21(19)17-30/h2-12,15,25H,13-14,16-18H2,1H3. The first-order chi connectivity index (χ1) is 16.1. The van der Waals surface area contributed by atoms with Crippen LogP contribution in [0.1, 0.15) is 34.7 Å². The number of amides is 1. The molecule has 2 aliphatic heterocycles. The van der Waals surface area contributed by atoms with E-state index in [4.69, 9.17) is 9.84 Å². The molecule has 1 amide bonds. The van der Waals surface area contributed by atoms with Crippen LogP contribution in [-0.2, 0) is 17.8 Å². The average molecular weight is 444 g/mol. The number of hydrogen-bond donors (Lipinski definition) is 0. The number of hydrogen-bond acceptors (Lipinski definition) is 4. The van der Waals surface area contributed by atoms with Gasteiger partial charge in [0.05, 0.1) is 25.4 Å². The summed E-state index contributed by atoms with van der Waals surface area (Å²) in [7, 11) is 1.62. The molecule has 2 aliphatic rings. The Kier molecular flexibility index (Phi) is 5.92. The monoisotopic (exact) mass is 443 g/mol. The second-order valence-corrected chi connectivity index (χ2v) is 8.49. The van der Waals surface area contributed by atoms with Gasteiger partial charge in [-0.25, -0.2) is 9.40 Å². The van der Waals surface area contributed by atoms with E-state index in [1.54, 1.807) is 13.2 Å². The normalized spacial score (nSPS) is 18.1. The number of nitrogens with zero attached hydrogens (tertiary/aromatic N) is 3. The van der Waals surface area contributed by atoms with Crippen molar-refractivity contribution in [3.05, 3.63) is 101 Å². The first-order valence-corrected chi connectivity index (χ1v) is 11.2. The van der Waals surface area contributed by atoms with Gasteiger partial charge < -0.3 is 4.74 Å². The summed E-state index contributed by atoms with van der Waals surface area (Å²) in [6.07, 6.45) is 1.42. The Bertz CT molecular complexity index is 1210. The Morgan fingerprint density at radius 3 is 2.67 bits per heavy atom. The van der Waals surface area contributed by atoms with Crippen LogP contribution in [-0.4, -0.2) is 41.7 Å². The summed E-state index contributed by atoms with van der Waals surface area (Å²) < 4.78 is 19.5. The molecule has 0 spiro atoms. The lowest BCUT2D eigenvalue weighted by molar-refractivity contribution is -0.134. The molecule has 3 aromatic rings. The van der Waals surface area contributed by atoms with Crippen molar-refractivity contribution in [3.8, 4) is 5.75 Å². The van der Waals surface area contributed by atoms with Crippen molar-refractivity contribution >= 4 is 11.6 Å². The molecule has 168 valence electrons. The summed E-state index contributed by atoms with van der Waals surface area (Å²) >= 11 is 0. The van der Waals surface area contributed by atoms with Gasteiger partial charge in [-0.3, -0.25) is 9.69 Å². The van der Waals surface area contributed by atoms with Gasteiger partial charge >= 0.3 is 0 Å². The molecule has 0 bridgehead atoms. The predicted octanol–water partition coefficient (Wildman–Crippen LogP) is 4.57. The quantitative estimate of drug-likeness (QED) is 0.580. The van der Waals surface area contributed by atoms with Crippen molar-refractivity contribution in [1.82, 2.24) is 9.91 Å². The van der Waals surface area contributed by atoms with Crippen molar-refractivity contribution in [2.45, 2.75) is 25.4 Å². The van der Waals surface area contributed by atoms with Crippen LogP contribution in [0.2, 0.25) is 0 Å². The van der Waals surface area contributed by atoms with Gasteiger partial charge in [0, 0.05) is 25.1 Å². The lowest BCUT2D eigenvalue weighted by Crippen LogP contribution is -2.40. The topological polar surface area (TPSA) is 45.1 Å². The summed E-state index contributed by atoms with van der Waals surface area (Å²) in [5, 5.41) is 6.27. The zero-order valence-corrected chi connectivity index (χ0v) is 18.6. The van der Waals surface area contributed by atoms with Crippen LogP contribution in [0, 0.1) is 5.82 Å². The molecule has 1 unspecified atom stereocenters. The van der Waals surface area contributed by atoms with Gasteiger partial charge in [0.25, 0.3) is 5.91 Å². The van der Waals surface area contributed by atoms with E-state index < -0.39 is 0 Å². The molecule has 0 saturated carbocycles. The molecular formula is C27H26FN3O2. The SMILES string of the molecule is COc1ccccc1C1=NN(C(=O)CN2CCc3ccccc3C2)C(c2cccc(F)c2)C1. The van der Waals surface area contributed by atoms with Gasteiger partial charge in [-0.05, 0) is 47.4 Å². The summed E-state index contributed by atoms with van der Waals surface area (Å²) in [4.78, 5) is 15.6. The second kappa shape index (κ2) is 9.16. The molecule has 33 heavy (non-hydrogen) atoms. The zero-order chi connectivity index (χ0) is 22.8. The Labute approximate surface area is 193 Å². The summed E-state index contributed by atoms with van der Waals surface area (Å²) in [5.41, 5.74) is 4.96. The van der Waals surface area contributed by atoms with Crippen molar-refractivity contribution in [2.24, 2.45) is 5.10 Å². The van der Waals surface area contributed by atoms with Crippen molar-refractivity contribution < 1.29 is 13.9 Å². The van der Waals surface area contributed by atoms with Crippen LogP contribution in [0.4, 0.5) is 4.39 Å². The third kappa shape index (κ3) is 4.39. The van der Waals surface area contributed by atoms with Crippen LogP contribution < -0.4 is 4.74 Å². The third-order valence-corrected chi connectivity index (χ3v) is 6.39. The second-order valence-electron chi connectivity index (χ2n) is 8.49. The van der Waals surface area contributed by atoms with E-state index in [2.05, 4.69) is 23.1 Å². The Morgan fingerprint density at radius 1 is 1.06 bits per heavy atom. The van der Waals surface area contributed by atoms with Crippen LogP contribution in [0.3, 0.4) is 0 Å². The average Bonchev–Trinajstić information content (AvgIpc) is 3.29. The first kappa shape index (κ1) is 21.3. The minimum absolute atomic E-state index is 0.0893. The van der Waals surface area contributed by atoms with Crippen molar-refractivity contribution in [3.63, 3.8) is 0 Å². The van der Waals surface area contributed by atoms with E-state index in [9.17, 15) is 9.18 Å². The Balaban J connectivity index is 1.42. The maximum Gasteiger partial charge on any atom is 0.257 e. The molecule has 3 aromatic carbocycles. The number of halogens is 1. The lowest BCUT2D eigenvalue weighted by Gasteiger charge is -2.30. The maximum absolute atomic E-state index is 14.0. The highest BCUT2D eigenvalue weighted by atomic mass is 19.1. The van der Waals surface area contributed by atoms with Gasteiger partial charge in [0.15, 0.2) is 0 Å². The molecule has 6 heteroatoms. The number of para-hydroxylation sites is 1. The molecule has 0 saturated heterocycles. The van der Waals surface area contributed by atoms with Gasteiger partial charge in [-0.2, -0.15) is 5.10 Å². The van der Waals surface area contributed by atoms with E-state index >= 15 is 0 Å². The molecular weight excluding hydrogens is 417 g/mol. The fourth-order valence-electron chi connectivity index (χ4n) is 4.71. The minimum atomic E-state index is -0.356. The molecule has 2 heterocycles. The van der Waals surface area contributed by atoms with Crippen molar-refractivity contribution in [1.29, 1.82) is 0 Å². The molecule has 0 aliphatic carbocycles. The minimum Gasteiger partial charge on any atom is -0.496 e. The lowest BCUT2D eigenvalue weighted by atomic mass is 9.97. The van der Waals surface area contributed by atoms with Gasteiger partial charge in [0.2, 0.25) is 0 Å². The van der Waals surface area contributed by atoms with E-state index in [-0.39, 0.29) is 24.3 Å². The molecule has 0 N–H and O–H groups in total. The van der Waals surface area contributed by atoms with Crippen LogP contribution >= 0.6 is 0 Å². The summed E-state index contributed by atoms with van der Waals surface area (Å²) in [5.74, 6) is 0.294. The fraction of sp³-hybridized carbons (Fsp3) is 0.259. The smallest absolute Gasteiger partial charge is 0.257 e. The fourth-order valence-corrected chi connectivity index (χ4v) is 4.71. The Morgan fingerprint density at radius 2 is 1.85 bits per heavy atom. The van der Waals surface area contributed by atoms with E-state index in [0.717, 1.165) is 36.3 Å². The third-order valence-electron chi connectivity index (χ3n) is 6.39. The van der Waals surface area contributed by atoms with Gasteiger partial charge in [-0.15, -0.1) is 0 Å². The highest BCUT2D eigenvalue weighted by Gasteiger charge is 2.35. The summed E-state index contributed by atoms with van der Waals surface area (Å²) in [6.45, 7) is 1.83. The molecule has 5 rings (SSSR count). The van der Waals surface area contributed by atoms with E-state index in [1.807, 2.05) is 36.4 Å². The maximum atomic E-state index is 14.0. The van der Waals surface area contributed by atoms with Crippen LogP contribution in [0.15, 0.2) is 77.9 Å². The highest BCUT2D eigenvalue weighted by Crippen LogP contribution is 2.35. The number of ether oxygens (including phenoxy) is 1. The molecule has 0 aromatic heterocycles. The van der Waals surface area contributed by atoms with E-state index in [1.165, 1.54) is 28.3 Å². The number of rotatable bonds is 5. The van der Waals surface area contributed by atoms with E-state index in [0.29, 0.717) is 12.2 Å². The van der Waals surface area contributed by atoms with Gasteiger partial charge in [-0.1, -0.05) is 48.5 Å². The largest absolute Gasteiger partial charge is 0.496 e. The number of methoxy groups -OCH3 is 1.